The SMILES string of the molecule is CCC(CC)(C(=O)C1=CCCCC1)N(C)C. The molecule has 0 amide bonds. The second kappa shape index (κ2) is 5.62. The third kappa shape index (κ3) is 2.37. The number of rotatable bonds is 5. The molecule has 0 heterocycles. The molecule has 0 saturated carbocycles. The normalized spacial score (nSPS) is 17.4. The third-order valence-corrected chi connectivity index (χ3v) is 4.03. The second-order valence-electron chi connectivity index (χ2n) is 4.94. The lowest BCUT2D eigenvalue weighted by molar-refractivity contribution is -0.126. The van der Waals surface area contributed by atoms with Crippen LogP contribution in [0, 0.1) is 0 Å². The van der Waals surface area contributed by atoms with Crippen molar-refractivity contribution in [1.82, 2.24) is 4.90 Å². The molecule has 0 saturated heterocycles. The Kier molecular flexibility index (Phi) is 4.72. The lowest BCUT2D eigenvalue weighted by Gasteiger charge is -2.38. The summed E-state index contributed by atoms with van der Waals surface area (Å²) in [6.45, 7) is 4.23. The Hall–Kier alpha value is -0.630. The van der Waals surface area contributed by atoms with Crippen LogP contribution in [0.5, 0.6) is 0 Å². The standard InChI is InChI=1S/C14H25NO/c1-5-14(6-2,15(3)4)13(16)12-10-8-7-9-11-12/h10H,5-9,11H2,1-4H3. The minimum atomic E-state index is -0.275. The first-order valence-electron chi connectivity index (χ1n) is 6.49. The molecule has 0 aromatic rings. The Bertz CT molecular complexity index is 274. The summed E-state index contributed by atoms with van der Waals surface area (Å²) in [6.07, 6.45) is 8.43. The molecule has 1 rings (SSSR count). The van der Waals surface area contributed by atoms with Crippen LogP contribution in [-0.4, -0.2) is 30.3 Å². The van der Waals surface area contributed by atoms with Gasteiger partial charge in [-0.15, -0.1) is 0 Å². The molecule has 0 aromatic carbocycles. The summed E-state index contributed by atoms with van der Waals surface area (Å²) in [4.78, 5) is 14.7. The van der Waals surface area contributed by atoms with Crippen LogP contribution >= 0.6 is 0 Å². The van der Waals surface area contributed by atoms with E-state index >= 15 is 0 Å². The van der Waals surface area contributed by atoms with E-state index < -0.39 is 0 Å². The first kappa shape index (κ1) is 13.4. The van der Waals surface area contributed by atoms with E-state index in [1.54, 1.807) is 0 Å². The summed E-state index contributed by atoms with van der Waals surface area (Å²) in [6, 6.07) is 0. The van der Waals surface area contributed by atoms with Crippen molar-refractivity contribution in [1.29, 1.82) is 0 Å². The Balaban J connectivity index is 2.94. The molecule has 0 bridgehead atoms. The molecule has 0 radical (unpaired) electrons. The van der Waals surface area contributed by atoms with Crippen LogP contribution in [0.1, 0.15) is 52.4 Å². The van der Waals surface area contributed by atoms with Crippen molar-refractivity contribution < 1.29 is 4.79 Å². The average molecular weight is 223 g/mol. The van der Waals surface area contributed by atoms with E-state index in [0.29, 0.717) is 5.78 Å². The van der Waals surface area contributed by atoms with Gasteiger partial charge in [-0.3, -0.25) is 9.69 Å². The predicted molar refractivity (Wildman–Crippen MR) is 68.6 cm³/mol. The monoisotopic (exact) mass is 223 g/mol. The quantitative estimate of drug-likeness (QED) is 0.713. The lowest BCUT2D eigenvalue weighted by atomic mass is 9.80. The highest BCUT2D eigenvalue weighted by Gasteiger charge is 2.38. The highest BCUT2D eigenvalue weighted by molar-refractivity contribution is 6.02. The molecule has 0 N–H and O–H groups in total. The Morgan fingerprint density at radius 2 is 1.94 bits per heavy atom. The molecule has 2 nitrogen and oxygen atoms in total. The van der Waals surface area contributed by atoms with Gasteiger partial charge in [0.2, 0.25) is 0 Å². The minimum absolute atomic E-state index is 0.275. The summed E-state index contributed by atoms with van der Waals surface area (Å²) < 4.78 is 0. The van der Waals surface area contributed by atoms with Gasteiger partial charge in [-0.05, 0) is 58.2 Å². The third-order valence-electron chi connectivity index (χ3n) is 4.03. The maximum Gasteiger partial charge on any atom is 0.178 e. The molecule has 0 aromatic heterocycles. The smallest absolute Gasteiger partial charge is 0.178 e. The van der Waals surface area contributed by atoms with Crippen LogP contribution in [0.4, 0.5) is 0 Å². The van der Waals surface area contributed by atoms with Gasteiger partial charge in [0.05, 0.1) is 5.54 Å². The maximum atomic E-state index is 12.6. The first-order valence-corrected chi connectivity index (χ1v) is 6.49. The van der Waals surface area contributed by atoms with E-state index in [-0.39, 0.29) is 5.54 Å². The van der Waals surface area contributed by atoms with Gasteiger partial charge in [-0.25, -0.2) is 0 Å². The lowest BCUT2D eigenvalue weighted by Crippen LogP contribution is -2.51. The summed E-state index contributed by atoms with van der Waals surface area (Å²) in [5.41, 5.74) is 0.798. The molecular formula is C14H25NO. The number of hydrogen-bond donors (Lipinski definition) is 0. The number of nitrogens with zero attached hydrogens (tertiary/aromatic N) is 1. The van der Waals surface area contributed by atoms with Gasteiger partial charge in [-0.2, -0.15) is 0 Å². The number of carbonyl (C=O) groups is 1. The number of ketones is 1. The molecule has 2 heteroatoms. The molecule has 0 atom stereocenters. The van der Waals surface area contributed by atoms with Crippen LogP contribution in [0.25, 0.3) is 0 Å². The van der Waals surface area contributed by atoms with E-state index in [4.69, 9.17) is 0 Å². The second-order valence-corrected chi connectivity index (χ2v) is 4.94. The van der Waals surface area contributed by atoms with Crippen LogP contribution in [0.15, 0.2) is 11.6 Å². The molecule has 1 aliphatic carbocycles. The number of likely N-dealkylation sites (N-methyl/N-ethyl adjacent to an activating group) is 1. The summed E-state index contributed by atoms with van der Waals surface area (Å²) in [5, 5.41) is 0. The molecule has 16 heavy (non-hydrogen) atoms. The number of carbonyl (C=O) groups excluding carboxylic acids is 1. The fourth-order valence-corrected chi connectivity index (χ4v) is 2.75. The highest BCUT2D eigenvalue weighted by atomic mass is 16.1. The zero-order chi connectivity index (χ0) is 12.2. The van der Waals surface area contributed by atoms with E-state index in [1.807, 2.05) is 14.1 Å². The molecular weight excluding hydrogens is 198 g/mol. The van der Waals surface area contributed by atoms with Crippen molar-refractivity contribution >= 4 is 5.78 Å². The van der Waals surface area contributed by atoms with Gasteiger partial charge in [0.1, 0.15) is 0 Å². The molecule has 0 unspecified atom stereocenters. The van der Waals surface area contributed by atoms with Crippen LogP contribution in [0.2, 0.25) is 0 Å². The summed E-state index contributed by atoms with van der Waals surface area (Å²) >= 11 is 0. The maximum absolute atomic E-state index is 12.6. The number of Topliss-reactive ketones (excluding diaryl/α,β-unsaturated/α-hetero) is 1. The average Bonchev–Trinajstić information content (AvgIpc) is 2.32. The summed E-state index contributed by atoms with van der Waals surface area (Å²) in [5.74, 6) is 0.363. The Labute approximate surface area is 99.7 Å². The first-order chi connectivity index (χ1) is 7.58. The number of allylic oxidation sites excluding steroid dienone is 1. The van der Waals surface area contributed by atoms with Gasteiger partial charge >= 0.3 is 0 Å². The van der Waals surface area contributed by atoms with E-state index in [2.05, 4.69) is 24.8 Å². The van der Waals surface area contributed by atoms with Gasteiger partial charge in [0, 0.05) is 0 Å². The molecule has 1 aliphatic rings. The fraction of sp³-hybridized carbons (Fsp3) is 0.786. The van der Waals surface area contributed by atoms with Gasteiger partial charge < -0.3 is 0 Å². The predicted octanol–water partition coefficient (Wildman–Crippen LogP) is 3.18. The molecule has 0 spiro atoms. The zero-order valence-corrected chi connectivity index (χ0v) is 11.2. The van der Waals surface area contributed by atoms with Crippen LogP contribution < -0.4 is 0 Å². The Morgan fingerprint density at radius 1 is 1.31 bits per heavy atom. The Morgan fingerprint density at radius 3 is 2.31 bits per heavy atom. The van der Waals surface area contributed by atoms with Crippen molar-refractivity contribution in [3.8, 4) is 0 Å². The zero-order valence-electron chi connectivity index (χ0n) is 11.2. The van der Waals surface area contributed by atoms with Crippen LogP contribution in [0.3, 0.4) is 0 Å². The fourth-order valence-electron chi connectivity index (χ4n) is 2.75. The van der Waals surface area contributed by atoms with Crippen molar-refractivity contribution in [3.63, 3.8) is 0 Å². The van der Waals surface area contributed by atoms with Gasteiger partial charge in [0.25, 0.3) is 0 Å². The van der Waals surface area contributed by atoms with Gasteiger partial charge in [0.15, 0.2) is 5.78 Å². The van der Waals surface area contributed by atoms with Crippen molar-refractivity contribution in [2.24, 2.45) is 0 Å². The molecule has 92 valence electrons. The van der Waals surface area contributed by atoms with Crippen molar-refractivity contribution in [3.05, 3.63) is 11.6 Å². The van der Waals surface area contributed by atoms with Crippen molar-refractivity contribution in [2.45, 2.75) is 57.9 Å². The topological polar surface area (TPSA) is 20.3 Å². The van der Waals surface area contributed by atoms with Crippen LogP contribution in [-0.2, 0) is 4.79 Å². The van der Waals surface area contributed by atoms with Gasteiger partial charge in [-0.1, -0.05) is 19.9 Å². The number of hydrogen-bond acceptors (Lipinski definition) is 2. The largest absolute Gasteiger partial charge is 0.297 e. The molecule has 0 aliphatic heterocycles. The van der Waals surface area contributed by atoms with Crippen molar-refractivity contribution in [2.75, 3.05) is 14.1 Å². The van der Waals surface area contributed by atoms with E-state index in [9.17, 15) is 4.79 Å². The summed E-state index contributed by atoms with van der Waals surface area (Å²) in [7, 11) is 4.04. The molecule has 0 fully saturated rings. The van der Waals surface area contributed by atoms with E-state index in [0.717, 1.165) is 31.3 Å². The van der Waals surface area contributed by atoms with E-state index in [1.165, 1.54) is 12.8 Å². The minimum Gasteiger partial charge on any atom is -0.297 e. The highest BCUT2D eigenvalue weighted by Crippen LogP contribution is 2.30.